The van der Waals surface area contributed by atoms with Crippen molar-refractivity contribution in [2.24, 2.45) is 0 Å². The maximum atomic E-state index is 12.5. The molecular weight excluding hydrogens is 380 g/mol. The Morgan fingerprint density at radius 2 is 1.77 bits per heavy atom. The van der Waals surface area contributed by atoms with Crippen molar-refractivity contribution in [1.82, 2.24) is 24.4 Å². The van der Waals surface area contributed by atoms with Gasteiger partial charge in [-0.2, -0.15) is 9.97 Å². The first-order valence-electron chi connectivity index (χ1n) is 10.6. The summed E-state index contributed by atoms with van der Waals surface area (Å²) in [6.07, 6.45) is 5.90. The number of fused-ring (bicyclic) bond motifs is 1. The molecule has 0 radical (unpaired) electrons. The van der Waals surface area contributed by atoms with Gasteiger partial charge < -0.3 is 10.5 Å². The summed E-state index contributed by atoms with van der Waals surface area (Å²) in [5.41, 5.74) is 8.43. The van der Waals surface area contributed by atoms with Gasteiger partial charge in [0.25, 0.3) is 0 Å². The standard InChI is InChI=1S/C22H28N6O2/c1-2-3-12-30-21-25-19(23)18-13-24-22(29)28(20(18)26-21)15-17-8-6-16(7-9-17)14-27-10-4-5-11-27/h6-9,13H,2-5,10-12,14-15H2,1H3,(H2,23,25,26). The minimum absolute atomic E-state index is 0.189. The van der Waals surface area contributed by atoms with Crippen LogP contribution in [0.5, 0.6) is 6.01 Å². The van der Waals surface area contributed by atoms with Gasteiger partial charge in [-0.05, 0) is 43.5 Å². The van der Waals surface area contributed by atoms with E-state index >= 15 is 0 Å². The average Bonchev–Trinajstić information content (AvgIpc) is 3.25. The third-order valence-corrected chi connectivity index (χ3v) is 5.42. The fourth-order valence-electron chi connectivity index (χ4n) is 3.71. The molecule has 0 saturated carbocycles. The van der Waals surface area contributed by atoms with Crippen LogP contribution in [-0.2, 0) is 13.1 Å². The SMILES string of the molecule is CCCCOc1nc(N)c2cnc(=O)n(Cc3ccc(CN4CCCC4)cc3)c2n1. The Labute approximate surface area is 175 Å². The molecule has 1 aliphatic heterocycles. The van der Waals surface area contributed by atoms with Crippen molar-refractivity contribution in [3.63, 3.8) is 0 Å². The highest BCUT2D eigenvalue weighted by Gasteiger charge is 2.14. The zero-order valence-electron chi connectivity index (χ0n) is 17.4. The van der Waals surface area contributed by atoms with E-state index in [2.05, 4.69) is 51.0 Å². The number of nitrogens with zero attached hydrogens (tertiary/aromatic N) is 5. The fraction of sp³-hybridized carbons (Fsp3) is 0.455. The fourth-order valence-corrected chi connectivity index (χ4v) is 3.71. The summed E-state index contributed by atoms with van der Waals surface area (Å²) in [5, 5.41) is 0.545. The monoisotopic (exact) mass is 408 g/mol. The quantitative estimate of drug-likeness (QED) is 0.572. The lowest BCUT2D eigenvalue weighted by atomic mass is 10.1. The Hall–Kier alpha value is -3.00. The molecule has 1 saturated heterocycles. The van der Waals surface area contributed by atoms with E-state index in [0.717, 1.165) is 24.9 Å². The molecule has 30 heavy (non-hydrogen) atoms. The number of ether oxygens (including phenoxy) is 1. The van der Waals surface area contributed by atoms with Gasteiger partial charge in [0.1, 0.15) is 5.82 Å². The first kappa shape index (κ1) is 20.3. The first-order chi connectivity index (χ1) is 14.6. The van der Waals surface area contributed by atoms with Crippen molar-refractivity contribution in [1.29, 1.82) is 0 Å². The van der Waals surface area contributed by atoms with E-state index in [-0.39, 0.29) is 17.5 Å². The number of likely N-dealkylation sites (tertiary alicyclic amines) is 1. The Kier molecular flexibility index (Phi) is 6.23. The summed E-state index contributed by atoms with van der Waals surface area (Å²) in [4.78, 5) is 27.6. The number of nitrogen functional groups attached to an aromatic ring is 1. The molecule has 0 bridgehead atoms. The number of hydrogen-bond donors (Lipinski definition) is 1. The smallest absolute Gasteiger partial charge is 0.349 e. The molecule has 0 unspecified atom stereocenters. The zero-order valence-corrected chi connectivity index (χ0v) is 17.4. The molecular formula is C22H28N6O2. The second-order valence-electron chi connectivity index (χ2n) is 7.76. The molecule has 8 heteroatoms. The van der Waals surface area contributed by atoms with Gasteiger partial charge in [-0.1, -0.05) is 37.6 Å². The number of unbranched alkanes of at least 4 members (excludes halogenated alkanes) is 1. The van der Waals surface area contributed by atoms with Crippen LogP contribution in [0.4, 0.5) is 5.82 Å². The van der Waals surface area contributed by atoms with Gasteiger partial charge in [-0.25, -0.2) is 9.78 Å². The maximum absolute atomic E-state index is 12.5. The van der Waals surface area contributed by atoms with Crippen molar-refractivity contribution < 1.29 is 4.74 Å². The molecule has 3 heterocycles. The van der Waals surface area contributed by atoms with Crippen LogP contribution >= 0.6 is 0 Å². The van der Waals surface area contributed by atoms with Gasteiger partial charge in [0.05, 0.1) is 18.5 Å². The molecule has 0 aliphatic carbocycles. The molecule has 1 fully saturated rings. The van der Waals surface area contributed by atoms with Crippen molar-refractivity contribution in [2.45, 2.75) is 45.7 Å². The third kappa shape index (κ3) is 4.59. The van der Waals surface area contributed by atoms with Crippen LogP contribution in [0, 0.1) is 0 Å². The van der Waals surface area contributed by atoms with Crippen molar-refractivity contribution >= 4 is 16.9 Å². The van der Waals surface area contributed by atoms with E-state index in [1.807, 2.05) is 0 Å². The van der Waals surface area contributed by atoms with E-state index < -0.39 is 0 Å². The summed E-state index contributed by atoms with van der Waals surface area (Å²) in [7, 11) is 0. The summed E-state index contributed by atoms with van der Waals surface area (Å²) in [5.74, 6) is 0.258. The molecule has 0 atom stereocenters. The van der Waals surface area contributed by atoms with E-state index in [4.69, 9.17) is 10.5 Å². The number of anilines is 1. The third-order valence-electron chi connectivity index (χ3n) is 5.42. The second kappa shape index (κ2) is 9.21. The lowest BCUT2D eigenvalue weighted by Crippen LogP contribution is -2.25. The summed E-state index contributed by atoms with van der Waals surface area (Å²) in [6, 6.07) is 8.55. The Morgan fingerprint density at radius 3 is 2.47 bits per heavy atom. The normalized spacial score (nSPS) is 14.4. The van der Waals surface area contributed by atoms with Gasteiger partial charge in [-0.3, -0.25) is 9.47 Å². The van der Waals surface area contributed by atoms with Crippen molar-refractivity contribution in [3.05, 3.63) is 52.1 Å². The molecule has 158 valence electrons. The minimum atomic E-state index is -0.374. The largest absolute Gasteiger partial charge is 0.463 e. The lowest BCUT2D eigenvalue weighted by molar-refractivity contribution is 0.286. The Bertz CT molecular complexity index is 1060. The van der Waals surface area contributed by atoms with Crippen molar-refractivity contribution in [3.8, 4) is 6.01 Å². The van der Waals surface area contributed by atoms with Crippen LogP contribution in [0.2, 0.25) is 0 Å². The lowest BCUT2D eigenvalue weighted by Gasteiger charge is -2.15. The highest BCUT2D eigenvalue weighted by atomic mass is 16.5. The van der Waals surface area contributed by atoms with Crippen LogP contribution in [0.25, 0.3) is 11.0 Å². The van der Waals surface area contributed by atoms with Gasteiger partial charge in [-0.15, -0.1) is 0 Å². The van der Waals surface area contributed by atoms with Crippen LogP contribution in [-0.4, -0.2) is 44.1 Å². The van der Waals surface area contributed by atoms with Crippen molar-refractivity contribution in [2.75, 3.05) is 25.4 Å². The molecule has 8 nitrogen and oxygen atoms in total. The van der Waals surface area contributed by atoms with Gasteiger partial charge >= 0.3 is 11.7 Å². The predicted molar refractivity (Wildman–Crippen MR) is 116 cm³/mol. The molecule has 4 rings (SSSR count). The van der Waals surface area contributed by atoms with E-state index in [9.17, 15) is 4.79 Å². The first-order valence-corrected chi connectivity index (χ1v) is 10.6. The maximum Gasteiger partial charge on any atom is 0.349 e. The number of benzene rings is 1. The van der Waals surface area contributed by atoms with E-state index in [0.29, 0.717) is 24.2 Å². The predicted octanol–water partition coefficient (Wildman–Crippen LogP) is 2.59. The highest BCUT2D eigenvalue weighted by Crippen LogP contribution is 2.20. The van der Waals surface area contributed by atoms with Crippen LogP contribution in [0.1, 0.15) is 43.7 Å². The summed E-state index contributed by atoms with van der Waals surface area (Å²) >= 11 is 0. The average molecular weight is 409 g/mol. The molecule has 1 aromatic carbocycles. The van der Waals surface area contributed by atoms with Crippen LogP contribution < -0.4 is 16.2 Å². The Balaban J connectivity index is 1.59. The second-order valence-corrected chi connectivity index (χ2v) is 7.76. The topological polar surface area (TPSA) is 99.2 Å². The number of aromatic nitrogens is 4. The molecule has 0 amide bonds. The molecule has 1 aliphatic rings. The Morgan fingerprint density at radius 1 is 1.07 bits per heavy atom. The molecule has 3 aromatic rings. The van der Waals surface area contributed by atoms with Gasteiger partial charge in [0, 0.05) is 12.7 Å². The van der Waals surface area contributed by atoms with E-state index in [1.54, 1.807) is 0 Å². The molecule has 2 N–H and O–H groups in total. The van der Waals surface area contributed by atoms with Gasteiger partial charge in [0.15, 0.2) is 5.65 Å². The number of nitrogens with two attached hydrogens (primary N) is 1. The number of rotatable bonds is 8. The van der Waals surface area contributed by atoms with Crippen LogP contribution in [0.15, 0.2) is 35.3 Å². The summed E-state index contributed by atoms with van der Waals surface area (Å²) in [6.45, 7) is 6.26. The van der Waals surface area contributed by atoms with Gasteiger partial charge in [0.2, 0.25) is 0 Å². The summed E-state index contributed by atoms with van der Waals surface area (Å²) < 4.78 is 7.14. The minimum Gasteiger partial charge on any atom is -0.463 e. The highest BCUT2D eigenvalue weighted by molar-refractivity contribution is 5.84. The number of hydrogen-bond acceptors (Lipinski definition) is 7. The molecule has 0 spiro atoms. The molecule has 2 aromatic heterocycles. The van der Waals surface area contributed by atoms with E-state index in [1.165, 1.54) is 42.3 Å². The van der Waals surface area contributed by atoms with Crippen LogP contribution in [0.3, 0.4) is 0 Å². The zero-order chi connectivity index (χ0) is 20.9.